The Morgan fingerprint density at radius 1 is 0.817 bits per heavy atom. The Morgan fingerprint density at radius 2 is 1.50 bits per heavy atom. The summed E-state index contributed by atoms with van der Waals surface area (Å²) in [6.45, 7) is 16.7. The summed E-state index contributed by atoms with van der Waals surface area (Å²) in [4.78, 5) is 12.6. The zero-order valence-corrected chi connectivity index (χ0v) is 39.3. The highest BCUT2D eigenvalue weighted by molar-refractivity contribution is 5.69. The quantitative estimate of drug-likeness (QED) is 0.0505. The van der Waals surface area contributed by atoms with Crippen molar-refractivity contribution in [2.45, 2.75) is 233 Å². The summed E-state index contributed by atoms with van der Waals surface area (Å²) in [5.74, 6) is 4.60. The molecule has 0 amide bonds. The minimum absolute atomic E-state index is 0.151. The number of esters is 1. The molecule has 0 aromatic rings. The molecule has 60 heavy (non-hydrogen) atoms. The van der Waals surface area contributed by atoms with Crippen molar-refractivity contribution in [3.8, 4) is 0 Å². The second kappa shape index (κ2) is 24.0. The molecule has 0 aromatic heterocycles. The molecule has 0 bridgehead atoms. The van der Waals surface area contributed by atoms with Crippen molar-refractivity contribution in [1.82, 2.24) is 0 Å². The van der Waals surface area contributed by atoms with Gasteiger partial charge in [0, 0.05) is 6.42 Å². The van der Waals surface area contributed by atoms with E-state index in [-0.39, 0.29) is 24.1 Å². The lowest BCUT2D eigenvalue weighted by atomic mass is 9.47. The molecule has 4 fully saturated rings. The van der Waals surface area contributed by atoms with Crippen molar-refractivity contribution in [3.63, 3.8) is 0 Å². The number of rotatable bonds is 24. The SMILES string of the molecule is CCCCCCCC/C=C\CCCCCCCC(=O)OC[C@H]1O[C@H](O[C@H]2CC[C@@]3(C)C(=CC[C@H]4[C@H]5CC[C@H]([C@H](C)/C=C/[C@@H](CC)C(C)C)[C@@]5(C)CC[C@@H]43)C2)[C@H](O)[C@@H](O)[C@@H]1O. The third kappa shape index (κ3) is 12.6. The molecule has 3 saturated carbocycles. The fourth-order valence-electron chi connectivity index (χ4n) is 12.9. The van der Waals surface area contributed by atoms with E-state index in [1.807, 2.05) is 0 Å². The van der Waals surface area contributed by atoms with Crippen LogP contribution >= 0.6 is 0 Å². The summed E-state index contributed by atoms with van der Waals surface area (Å²) in [5.41, 5.74) is 2.05. The van der Waals surface area contributed by atoms with E-state index in [1.165, 1.54) is 89.0 Å². The Bertz CT molecular complexity index is 1370. The van der Waals surface area contributed by atoms with Crippen LogP contribution in [0.2, 0.25) is 0 Å². The second-order valence-electron chi connectivity index (χ2n) is 21.1. The zero-order chi connectivity index (χ0) is 43.3. The fraction of sp³-hybridized carbons (Fsp3) is 0.868. The van der Waals surface area contributed by atoms with Crippen LogP contribution in [0.1, 0.15) is 196 Å². The van der Waals surface area contributed by atoms with Crippen LogP contribution in [-0.4, -0.2) is 64.7 Å². The minimum atomic E-state index is -1.45. The first kappa shape index (κ1) is 49.5. The van der Waals surface area contributed by atoms with Crippen LogP contribution in [0.4, 0.5) is 0 Å². The van der Waals surface area contributed by atoms with Crippen molar-refractivity contribution in [2.24, 2.45) is 52.3 Å². The van der Waals surface area contributed by atoms with E-state index < -0.39 is 30.7 Å². The van der Waals surface area contributed by atoms with Gasteiger partial charge in [-0.3, -0.25) is 4.79 Å². The highest BCUT2D eigenvalue weighted by atomic mass is 16.7. The summed E-state index contributed by atoms with van der Waals surface area (Å²) < 4.78 is 18.0. The van der Waals surface area contributed by atoms with Crippen molar-refractivity contribution in [1.29, 1.82) is 0 Å². The fourth-order valence-corrected chi connectivity index (χ4v) is 12.9. The molecule has 7 heteroatoms. The number of carbonyl (C=O) groups excluding carboxylic acids is 1. The van der Waals surface area contributed by atoms with Gasteiger partial charge in [0.1, 0.15) is 31.0 Å². The normalized spacial score (nSPS) is 36.5. The summed E-state index contributed by atoms with van der Waals surface area (Å²) in [7, 11) is 0. The lowest BCUT2D eigenvalue weighted by molar-refractivity contribution is -0.313. The highest BCUT2D eigenvalue weighted by Crippen LogP contribution is 2.67. The van der Waals surface area contributed by atoms with Crippen LogP contribution in [0, 0.1) is 52.3 Å². The van der Waals surface area contributed by atoms with Gasteiger partial charge in [0.25, 0.3) is 0 Å². The molecule has 0 aromatic carbocycles. The first-order valence-electron chi connectivity index (χ1n) is 25.4. The molecule has 1 aliphatic heterocycles. The standard InChI is InChI=1S/C53H90O7/c1-8-10-11-12-13-14-15-16-17-18-19-20-21-22-23-24-47(54)58-36-46-48(55)49(56)50(57)51(60-46)59-41-31-33-52(6)40(35-41)27-28-42-44-30-29-43(53(44,7)34-32-45(42)52)38(5)25-26-39(9-2)37(3)4/h16-17,25-27,37-39,41-46,48-51,55-57H,8-15,18-24,28-36H2,1-7H3/b17-16-,26-25+/t38-,39-,41+,42+,43-,44-,45+,46-,48-,49+,50-,51+,52+,53-/m1/s1. The van der Waals surface area contributed by atoms with E-state index in [9.17, 15) is 20.1 Å². The maximum Gasteiger partial charge on any atom is 0.305 e. The first-order valence-corrected chi connectivity index (χ1v) is 25.4. The van der Waals surface area contributed by atoms with Crippen LogP contribution in [0.25, 0.3) is 0 Å². The molecule has 0 spiro atoms. The van der Waals surface area contributed by atoms with Gasteiger partial charge in [-0.15, -0.1) is 0 Å². The van der Waals surface area contributed by atoms with E-state index in [0.29, 0.717) is 35.5 Å². The first-order chi connectivity index (χ1) is 28.8. The molecule has 0 radical (unpaired) electrons. The maximum atomic E-state index is 12.6. The smallest absolute Gasteiger partial charge is 0.305 e. The number of aliphatic hydroxyl groups is 3. The summed E-state index contributed by atoms with van der Waals surface area (Å²) in [6.07, 6.45) is 32.1. The highest BCUT2D eigenvalue weighted by Gasteiger charge is 2.59. The Hall–Kier alpha value is -1.51. The van der Waals surface area contributed by atoms with Gasteiger partial charge < -0.3 is 29.5 Å². The second-order valence-corrected chi connectivity index (χ2v) is 21.1. The average molecular weight is 839 g/mol. The van der Waals surface area contributed by atoms with E-state index in [4.69, 9.17) is 14.2 Å². The van der Waals surface area contributed by atoms with E-state index in [0.717, 1.165) is 75.5 Å². The van der Waals surface area contributed by atoms with Crippen molar-refractivity contribution in [3.05, 3.63) is 36.0 Å². The Labute approximate surface area is 367 Å². The maximum absolute atomic E-state index is 12.6. The number of fused-ring (bicyclic) bond motifs is 5. The number of carbonyl (C=O) groups is 1. The van der Waals surface area contributed by atoms with Gasteiger partial charge in [-0.05, 0) is 142 Å². The Balaban J connectivity index is 1.03. The van der Waals surface area contributed by atoms with Crippen molar-refractivity contribution < 1.29 is 34.3 Å². The molecular weight excluding hydrogens is 749 g/mol. The molecule has 4 aliphatic carbocycles. The van der Waals surface area contributed by atoms with Crippen LogP contribution in [-0.2, 0) is 19.0 Å². The lowest BCUT2D eigenvalue weighted by Crippen LogP contribution is -2.60. The van der Waals surface area contributed by atoms with Crippen LogP contribution in [0.15, 0.2) is 36.0 Å². The van der Waals surface area contributed by atoms with Gasteiger partial charge in [0.05, 0.1) is 6.10 Å². The van der Waals surface area contributed by atoms with Crippen LogP contribution in [0.3, 0.4) is 0 Å². The average Bonchev–Trinajstić information content (AvgIpc) is 3.59. The van der Waals surface area contributed by atoms with Crippen LogP contribution < -0.4 is 0 Å². The largest absolute Gasteiger partial charge is 0.463 e. The van der Waals surface area contributed by atoms with Gasteiger partial charge in [0.2, 0.25) is 0 Å². The number of aliphatic hydroxyl groups excluding tert-OH is 3. The molecule has 1 heterocycles. The third-order valence-electron chi connectivity index (χ3n) is 16.8. The number of hydrogen-bond donors (Lipinski definition) is 3. The molecule has 7 nitrogen and oxygen atoms in total. The van der Waals surface area contributed by atoms with Gasteiger partial charge in [-0.1, -0.05) is 136 Å². The van der Waals surface area contributed by atoms with Gasteiger partial charge in [-0.25, -0.2) is 0 Å². The van der Waals surface area contributed by atoms with Gasteiger partial charge >= 0.3 is 5.97 Å². The monoisotopic (exact) mass is 839 g/mol. The molecule has 1 saturated heterocycles. The van der Waals surface area contributed by atoms with Gasteiger partial charge in [0.15, 0.2) is 6.29 Å². The van der Waals surface area contributed by atoms with Crippen molar-refractivity contribution in [2.75, 3.05) is 6.61 Å². The minimum Gasteiger partial charge on any atom is -0.463 e. The Morgan fingerprint density at radius 3 is 2.18 bits per heavy atom. The summed E-state index contributed by atoms with van der Waals surface area (Å²) in [6, 6.07) is 0. The predicted molar refractivity (Wildman–Crippen MR) is 244 cm³/mol. The number of unbranched alkanes of at least 4 members (excludes halogenated alkanes) is 11. The number of allylic oxidation sites excluding steroid dienone is 5. The third-order valence-corrected chi connectivity index (χ3v) is 16.8. The topological polar surface area (TPSA) is 105 Å². The summed E-state index contributed by atoms with van der Waals surface area (Å²) in [5, 5.41) is 32.5. The van der Waals surface area contributed by atoms with Crippen LogP contribution in [0.5, 0.6) is 0 Å². The molecule has 0 unspecified atom stereocenters. The number of hydrogen-bond acceptors (Lipinski definition) is 7. The molecule has 3 N–H and O–H groups in total. The Kier molecular flexibility index (Phi) is 19.8. The summed E-state index contributed by atoms with van der Waals surface area (Å²) >= 11 is 0. The number of ether oxygens (including phenoxy) is 3. The lowest BCUT2D eigenvalue weighted by Gasteiger charge is -2.58. The zero-order valence-electron chi connectivity index (χ0n) is 39.3. The molecule has 5 rings (SSSR count). The predicted octanol–water partition coefficient (Wildman–Crippen LogP) is 12.2. The van der Waals surface area contributed by atoms with E-state index in [2.05, 4.69) is 78.8 Å². The molecular formula is C53H90O7. The molecule has 5 aliphatic rings. The van der Waals surface area contributed by atoms with E-state index >= 15 is 0 Å². The van der Waals surface area contributed by atoms with Gasteiger partial charge in [-0.2, -0.15) is 0 Å². The molecule has 14 atom stereocenters. The molecule has 344 valence electrons. The van der Waals surface area contributed by atoms with Crippen molar-refractivity contribution >= 4 is 5.97 Å². The van der Waals surface area contributed by atoms with E-state index in [1.54, 1.807) is 0 Å².